The summed E-state index contributed by atoms with van der Waals surface area (Å²) in [7, 11) is 0. The maximum absolute atomic E-state index is 13.4. The minimum absolute atomic E-state index is 0.118. The van der Waals surface area contributed by atoms with Crippen LogP contribution >= 0.6 is 27.5 Å². The summed E-state index contributed by atoms with van der Waals surface area (Å²) in [5.74, 6) is -0.938. The van der Waals surface area contributed by atoms with Crippen molar-refractivity contribution in [2.45, 2.75) is 33.2 Å². The van der Waals surface area contributed by atoms with Crippen molar-refractivity contribution in [1.82, 2.24) is 10.0 Å². The first-order chi connectivity index (χ1) is 13.6. The third kappa shape index (κ3) is 5.25. The average Bonchev–Trinajstić information content (AvgIpc) is 2.70. The van der Waals surface area contributed by atoms with Gasteiger partial charge in [-0.25, -0.2) is 10.0 Å². The second-order valence-electron chi connectivity index (χ2n) is 7.42. The summed E-state index contributed by atoms with van der Waals surface area (Å²) in [6, 6.07) is 13.4. The monoisotopic (exact) mass is 478 g/mol. The van der Waals surface area contributed by atoms with Crippen molar-refractivity contribution in [3.05, 3.63) is 69.7 Å². The molecule has 0 aliphatic carbocycles. The lowest BCUT2D eigenvalue weighted by atomic mass is 10.1. The molecule has 0 aromatic heterocycles. The molecular weight excluding hydrogens is 456 g/mol. The van der Waals surface area contributed by atoms with Gasteiger partial charge in [0.25, 0.3) is 11.8 Å². The summed E-state index contributed by atoms with van der Waals surface area (Å²) in [4.78, 5) is 38.3. The topological polar surface area (TPSA) is 57.7 Å². The van der Waals surface area contributed by atoms with Gasteiger partial charge >= 0.3 is 0 Å². The van der Waals surface area contributed by atoms with Gasteiger partial charge in [-0.2, -0.15) is 0 Å². The highest BCUT2D eigenvalue weighted by Gasteiger charge is 2.35. The maximum Gasteiger partial charge on any atom is 0.274 e. The Kier molecular flexibility index (Phi) is 7.60. The van der Waals surface area contributed by atoms with E-state index in [1.165, 1.54) is 10.0 Å². The van der Waals surface area contributed by atoms with Gasteiger partial charge in [0.05, 0.1) is 17.0 Å². The first-order valence-corrected chi connectivity index (χ1v) is 10.5. The predicted molar refractivity (Wildman–Crippen MR) is 118 cm³/mol. The van der Waals surface area contributed by atoms with Gasteiger partial charge in [0, 0.05) is 22.1 Å². The smallest absolute Gasteiger partial charge is 0.274 e. The van der Waals surface area contributed by atoms with Gasteiger partial charge < -0.3 is 0 Å². The van der Waals surface area contributed by atoms with Crippen molar-refractivity contribution >= 4 is 45.1 Å². The van der Waals surface area contributed by atoms with Crippen LogP contribution in [0.3, 0.4) is 0 Å². The number of hydrogen-bond donors (Lipinski definition) is 0. The molecule has 2 aromatic carbocycles. The van der Waals surface area contributed by atoms with E-state index in [1.54, 1.807) is 42.5 Å². The molecule has 0 heterocycles. The Morgan fingerprint density at radius 1 is 0.931 bits per heavy atom. The first-order valence-electron chi connectivity index (χ1n) is 9.22. The molecule has 29 heavy (non-hydrogen) atoms. The van der Waals surface area contributed by atoms with Gasteiger partial charge in [-0.3, -0.25) is 14.4 Å². The summed E-state index contributed by atoms with van der Waals surface area (Å²) in [5, 5.41) is 2.91. The van der Waals surface area contributed by atoms with E-state index < -0.39 is 5.54 Å². The highest BCUT2D eigenvalue weighted by Crippen LogP contribution is 2.25. The SMILES string of the molecule is CCN(C(=O)c1ccc(C(=O)CCl)cc1)N(C(=O)c1ccccc1Br)C(C)(C)C. The van der Waals surface area contributed by atoms with Crippen LogP contribution in [0.25, 0.3) is 0 Å². The van der Waals surface area contributed by atoms with E-state index in [0.717, 1.165) is 0 Å². The fourth-order valence-corrected chi connectivity index (χ4v) is 3.53. The number of carbonyl (C=O) groups excluding carboxylic acids is 3. The second-order valence-corrected chi connectivity index (χ2v) is 8.54. The number of hydrazine groups is 1. The molecule has 0 fully saturated rings. The van der Waals surface area contributed by atoms with E-state index in [4.69, 9.17) is 11.6 Å². The molecule has 0 saturated heterocycles. The van der Waals surface area contributed by atoms with Crippen LogP contribution < -0.4 is 0 Å². The van der Waals surface area contributed by atoms with Crippen molar-refractivity contribution in [3.63, 3.8) is 0 Å². The Balaban J connectivity index is 2.43. The van der Waals surface area contributed by atoms with E-state index in [9.17, 15) is 14.4 Å². The average molecular weight is 480 g/mol. The molecule has 7 heteroatoms. The molecule has 0 bridgehead atoms. The lowest BCUT2D eigenvalue weighted by Crippen LogP contribution is -2.58. The Morgan fingerprint density at radius 3 is 1.97 bits per heavy atom. The number of nitrogens with zero attached hydrogens (tertiary/aromatic N) is 2. The third-order valence-electron chi connectivity index (χ3n) is 4.28. The fraction of sp³-hybridized carbons (Fsp3) is 0.318. The molecule has 154 valence electrons. The fourth-order valence-electron chi connectivity index (χ4n) is 2.93. The van der Waals surface area contributed by atoms with Crippen LogP contribution in [0, 0.1) is 0 Å². The zero-order valence-corrected chi connectivity index (χ0v) is 19.3. The van der Waals surface area contributed by atoms with Crippen LogP contribution in [0.1, 0.15) is 58.8 Å². The number of hydrogen-bond acceptors (Lipinski definition) is 3. The number of carbonyl (C=O) groups is 3. The van der Waals surface area contributed by atoms with Crippen LogP contribution in [0.4, 0.5) is 0 Å². The quantitative estimate of drug-likeness (QED) is 0.337. The van der Waals surface area contributed by atoms with Crippen molar-refractivity contribution in [2.24, 2.45) is 0 Å². The second kappa shape index (κ2) is 9.55. The number of halogens is 2. The van der Waals surface area contributed by atoms with Crippen molar-refractivity contribution in [3.8, 4) is 0 Å². The molecule has 0 atom stereocenters. The van der Waals surface area contributed by atoms with Crippen molar-refractivity contribution in [2.75, 3.05) is 12.4 Å². The molecule has 2 amide bonds. The molecule has 0 radical (unpaired) electrons. The van der Waals surface area contributed by atoms with Gasteiger partial charge in [-0.1, -0.05) is 24.3 Å². The third-order valence-corrected chi connectivity index (χ3v) is 5.22. The summed E-state index contributed by atoms with van der Waals surface area (Å²) in [6.45, 7) is 7.74. The number of rotatable bonds is 5. The highest BCUT2D eigenvalue weighted by atomic mass is 79.9. The normalized spacial score (nSPS) is 11.1. The molecule has 0 N–H and O–H groups in total. The minimum Gasteiger partial charge on any atom is -0.293 e. The zero-order valence-electron chi connectivity index (χ0n) is 16.9. The predicted octanol–water partition coefficient (Wildman–Crippen LogP) is 5.19. The Bertz CT molecular complexity index is 907. The molecule has 0 aliphatic rings. The molecule has 5 nitrogen and oxygen atoms in total. The number of alkyl halides is 1. The minimum atomic E-state index is -0.646. The first kappa shape index (κ1) is 23.1. The number of benzene rings is 2. The molecule has 2 aromatic rings. The van der Waals surface area contributed by atoms with Gasteiger partial charge in [-0.05, 0) is 67.9 Å². The molecule has 2 rings (SSSR count). The van der Waals surface area contributed by atoms with Gasteiger partial charge in [0.1, 0.15) is 0 Å². The molecule has 0 spiro atoms. The summed E-state index contributed by atoms with van der Waals surface area (Å²) in [5.41, 5.74) is 0.646. The standard InChI is InChI=1S/C22H24BrClN2O3/c1-5-25(20(28)16-12-10-15(11-13-16)19(27)14-24)26(22(2,3)4)21(29)17-8-6-7-9-18(17)23/h6-13H,5,14H2,1-4H3. The number of Topliss-reactive ketones (excluding diaryl/α,β-unsaturated/α-hetero) is 1. The van der Waals surface area contributed by atoms with Crippen LogP contribution in [-0.4, -0.2) is 45.6 Å². The Labute approximate surface area is 184 Å². The molecule has 0 unspecified atom stereocenters. The largest absolute Gasteiger partial charge is 0.293 e. The van der Waals surface area contributed by atoms with Gasteiger partial charge in [-0.15, -0.1) is 11.6 Å². The Hall–Kier alpha value is -2.18. The maximum atomic E-state index is 13.4. The summed E-state index contributed by atoms with van der Waals surface area (Å²) < 4.78 is 0.659. The van der Waals surface area contributed by atoms with Gasteiger partial charge in [0.15, 0.2) is 5.78 Å². The zero-order chi connectivity index (χ0) is 21.8. The van der Waals surface area contributed by atoms with Gasteiger partial charge in [0.2, 0.25) is 0 Å². The summed E-state index contributed by atoms with van der Waals surface area (Å²) in [6.07, 6.45) is 0. The van der Waals surface area contributed by atoms with Crippen molar-refractivity contribution in [1.29, 1.82) is 0 Å². The summed E-state index contributed by atoms with van der Waals surface area (Å²) >= 11 is 9.01. The number of ketones is 1. The van der Waals surface area contributed by atoms with Crippen LogP contribution in [0.15, 0.2) is 53.0 Å². The van der Waals surface area contributed by atoms with E-state index in [-0.39, 0.29) is 23.5 Å². The molecule has 0 saturated carbocycles. The van der Waals surface area contributed by atoms with E-state index in [2.05, 4.69) is 15.9 Å². The van der Waals surface area contributed by atoms with Crippen LogP contribution in [0.2, 0.25) is 0 Å². The van der Waals surface area contributed by atoms with E-state index in [0.29, 0.717) is 27.7 Å². The lowest BCUT2D eigenvalue weighted by molar-refractivity contribution is -0.0411. The van der Waals surface area contributed by atoms with E-state index >= 15 is 0 Å². The van der Waals surface area contributed by atoms with Crippen molar-refractivity contribution < 1.29 is 14.4 Å². The number of amides is 2. The Morgan fingerprint density at radius 2 is 1.48 bits per heavy atom. The van der Waals surface area contributed by atoms with Crippen LogP contribution in [0.5, 0.6) is 0 Å². The molecular formula is C22H24BrClN2O3. The van der Waals surface area contributed by atoms with E-state index in [1.807, 2.05) is 33.8 Å². The lowest BCUT2D eigenvalue weighted by Gasteiger charge is -2.43. The highest BCUT2D eigenvalue weighted by molar-refractivity contribution is 9.10. The molecule has 0 aliphatic heterocycles. The van der Waals surface area contributed by atoms with Crippen LogP contribution in [-0.2, 0) is 0 Å².